The third kappa shape index (κ3) is 2.76. The van der Waals surface area contributed by atoms with Crippen molar-refractivity contribution < 1.29 is 0 Å². The van der Waals surface area contributed by atoms with Gasteiger partial charge in [-0.05, 0) is 31.1 Å². The van der Waals surface area contributed by atoms with Gasteiger partial charge in [0.1, 0.15) is 0 Å². The second-order valence-electron chi connectivity index (χ2n) is 4.34. The van der Waals surface area contributed by atoms with Gasteiger partial charge in [-0.15, -0.1) is 0 Å². The number of aryl methyl sites for hydroxylation is 1. The van der Waals surface area contributed by atoms with Gasteiger partial charge in [-0.2, -0.15) is 11.8 Å². The second-order valence-corrected chi connectivity index (χ2v) is 5.69. The molecular weight excluding hydrogens is 202 g/mol. The zero-order valence-corrected chi connectivity index (χ0v) is 10.1. The Bertz CT molecular complexity index is 318. The molecule has 1 heterocycles. The molecule has 1 aliphatic rings. The summed E-state index contributed by atoms with van der Waals surface area (Å²) >= 11 is 2.05. The largest absolute Gasteiger partial charge is 0.323 e. The highest BCUT2D eigenvalue weighted by Gasteiger charge is 2.22. The van der Waals surface area contributed by atoms with Gasteiger partial charge in [0.05, 0.1) is 0 Å². The zero-order valence-electron chi connectivity index (χ0n) is 9.28. The Kier molecular flexibility index (Phi) is 3.71. The van der Waals surface area contributed by atoms with Crippen LogP contribution in [0.2, 0.25) is 0 Å². The maximum absolute atomic E-state index is 6.32. The summed E-state index contributed by atoms with van der Waals surface area (Å²) in [5, 5.41) is 0.626. The standard InChI is InChI=1S/C13H19NS/c1-10-5-4-6-11(9-10)13(14)12-7-2-3-8-15-12/h4-6,9,12-13H,2-3,7-8,14H2,1H3. The van der Waals surface area contributed by atoms with Crippen LogP contribution in [0, 0.1) is 6.92 Å². The molecule has 1 fully saturated rings. The fraction of sp³-hybridized carbons (Fsp3) is 0.538. The average Bonchev–Trinajstić information content (AvgIpc) is 2.29. The first-order valence-electron chi connectivity index (χ1n) is 5.71. The Morgan fingerprint density at radius 2 is 2.27 bits per heavy atom. The number of rotatable bonds is 2. The molecule has 2 atom stereocenters. The Hall–Kier alpha value is -0.470. The van der Waals surface area contributed by atoms with Gasteiger partial charge in [-0.25, -0.2) is 0 Å². The summed E-state index contributed by atoms with van der Waals surface area (Å²) in [6, 6.07) is 8.84. The van der Waals surface area contributed by atoms with E-state index in [4.69, 9.17) is 5.73 Å². The van der Waals surface area contributed by atoms with E-state index in [0.29, 0.717) is 5.25 Å². The SMILES string of the molecule is Cc1cccc(C(N)C2CCCCS2)c1. The molecule has 15 heavy (non-hydrogen) atoms. The van der Waals surface area contributed by atoms with Crippen LogP contribution in [0.15, 0.2) is 24.3 Å². The molecule has 1 saturated heterocycles. The van der Waals surface area contributed by atoms with Gasteiger partial charge in [0.2, 0.25) is 0 Å². The van der Waals surface area contributed by atoms with Gasteiger partial charge < -0.3 is 5.73 Å². The van der Waals surface area contributed by atoms with Gasteiger partial charge in [0.25, 0.3) is 0 Å². The zero-order chi connectivity index (χ0) is 10.7. The average molecular weight is 221 g/mol. The molecule has 2 unspecified atom stereocenters. The molecule has 0 bridgehead atoms. The maximum atomic E-state index is 6.32. The van der Waals surface area contributed by atoms with Gasteiger partial charge in [0, 0.05) is 11.3 Å². The molecule has 0 amide bonds. The molecule has 0 spiro atoms. The predicted octanol–water partition coefficient (Wildman–Crippen LogP) is 3.28. The highest BCUT2D eigenvalue weighted by molar-refractivity contribution is 8.00. The van der Waals surface area contributed by atoms with Crippen LogP contribution in [-0.4, -0.2) is 11.0 Å². The van der Waals surface area contributed by atoms with Crippen LogP contribution >= 0.6 is 11.8 Å². The minimum atomic E-state index is 0.218. The van der Waals surface area contributed by atoms with Crippen LogP contribution in [-0.2, 0) is 0 Å². The Morgan fingerprint density at radius 1 is 1.40 bits per heavy atom. The summed E-state index contributed by atoms with van der Waals surface area (Å²) in [6.45, 7) is 2.13. The van der Waals surface area contributed by atoms with Crippen molar-refractivity contribution in [2.24, 2.45) is 5.73 Å². The van der Waals surface area contributed by atoms with Crippen molar-refractivity contribution in [3.8, 4) is 0 Å². The monoisotopic (exact) mass is 221 g/mol. The van der Waals surface area contributed by atoms with E-state index in [1.807, 2.05) is 11.8 Å². The smallest absolute Gasteiger partial charge is 0.0415 e. The van der Waals surface area contributed by atoms with Crippen LogP contribution in [0.5, 0.6) is 0 Å². The number of nitrogens with two attached hydrogens (primary N) is 1. The quantitative estimate of drug-likeness (QED) is 0.829. The molecule has 1 aromatic carbocycles. The summed E-state index contributed by atoms with van der Waals surface area (Å²) in [4.78, 5) is 0. The fourth-order valence-corrected chi connectivity index (χ4v) is 3.51. The lowest BCUT2D eigenvalue weighted by Gasteiger charge is -2.27. The Morgan fingerprint density at radius 3 is 2.93 bits per heavy atom. The number of hydrogen-bond acceptors (Lipinski definition) is 2. The number of thioether (sulfide) groups is 1. The number of hydrogen-bond donors (Lipinski definition) is 1. The van der Waals surface area contributed by atoms with Crippen LogP contribution in [0.3, 0.4) is 0 Å². The first kappa shape index (κ1) is 11.0. The van der Waals surface area contributed by atoms with Gasteiger partial charge in [-0.3, -0.25) is 0 Å². The van der Waals surface area contributed by atoms with Gasteiger partial charge in [-0.1, -0.05) is 36.2 Å². The van der Waals surface area contributed by atoms with E-state index < -0.39 is 0 Å². The molecule has 2 rings (SSSR count). The number of benzene rings is 1. The molecule has 0 radical (unpaired) electrons. The Balaban J connectivity index is 2.08. The van der Waals surface area contributed by atoms with Crippen molar-refractivity contribution in [1.82, 2.24) is 0 Å². The van der Waals surface area contributed by atoms with Crippen molar-refractivity contribution in [2.75, 3.05) is 5.75 Å². The summed E-state index contributed by atoms with van der Waals surface area (Å²) in [6.07, 6.45) is 3.98. The highest BCUT2D eigenvalue weighted by Crippen LogP contribution is 2.33. The molecule has 2 heteroatoms. The Labute approximate surface area is 96.4 Å². The van der Waals surface area contributed by atoms with Crippen LogP contribution in [0.4, 0.5) is 0 Å². The lowest BCUT2D eigenvalue weighted by atomic mass is 9.99. The van der Waals surface area contributed by atoms with Crippen LogP contribution in [0.25, 0.3) is 0 Å². The van der Waals surface area contributed by atoms with E-state index in [1.54, 1.807) is 0 Å². The lowest BCUT2D eigenvalue weighted by Crippen LogP contribution is -2.26. The summed E-state index contributed by atoms with van der Waals surface area (Å²) < 4.78 is 0. The van der Waals surface area contributed by atoms with Crippen molar-refractivity contribution in [3.05, 3.63) is 35.4 Å². The van der Waals surface area contributed by atoms with E-state index in [1.165, 1.54) is 36.1 Å². The van der Waals surface area contributed by atoms with Crippen LogP contribution < -0.4 is 5.73 Å². The molecule has 0 aliphatic carbocycles. The van der Waals surface area contributed by atoms with E-state index in [-0.39, 0.29) is 6.04 Å². The molecule has 1 nitrogen and oxygen atoms in total. The molecule has 1 aliphatic heterocycles. The summed E-state index contributed by atoms with van der Waals surface area (Å²) in [5.74, 6) is 1.28. The first-order valence-corrected chi connectivity index (χ1v) is 6.76. The van der Waals surface area contributed by atoms with Crippen LogP contribution in [0.1, 0.15) is 36.4 Å². The minimum Gasteiger partial charge on any atom is -0.323 e. The van der Waals surface area contributed by atoms with Crippen molar-refractivity contribution >= 4 is 11.8 Å². The van der Waals surface area contributed by atoms with E-state index >= 15 is 0 Å². The molecular formula is C13H19NS. The highest BCUT2D eigenvalue weighted by atomic mass is 32.2. The van der Waals surface area contributed by atoms with Crippen molar-refractivity contribution in [1.29, 1.82) is 0 Å². The van der Waals surface area contributed by atoms with E-state index in [0.717, 1.165) is 0 Å². The predicted molar refractivity (Wildman–Crippen MR) is 68.2 cm³/mol. The van der Waals surface area contributed by atoms with E-state index in [9.17, 15) is 0 Å². The lowest BCUT2D eigenvalue weighted by molar-refractivity contribution is 0.582. The summed E-state index contributed by atoms with van der Waals surface area (Å²) in [7, 11) is 0. The molecule has 2 N–H and O–H groups in total. The maximum Gasteiger partial charge on any atom is 0.0415 e. The fourth-order valence-electron chi connectivity index (χ4n) is 2.14. The second kappa shape index (κ2) is 5.04. The molecule has 0 saturated carbocycles. The topological polar surface area (TPSA) is 26.0 Å². The van der Waals surface area contributed by atoms with E-state index in [2.05, 4.69) is 31.2 Å². The normalized spacial score (nSPS) is 23.7. The van der Waals surface area contributed by atoms with Crippen molar-refractivity contribution in [3.63, 3.8) is 0 Å². The minimum absolute atomic E-state index is 0.218. The van der Waals surface area contributed by atoms with Crippen molar-refractivity contribution in [2.45, 2.75) is 37.5 Å². The third-order valence-corrected chi connectivity index (χ3v) is 4.52. The first-order chi connectivity index (χ1) is 7.27. The van der Waals surface area contributed by atoms with Gasteiger partial charge in [0.15, 0.2) is 0 Å². The summed E-state index contributed by atoms with van der Waals surface area (Å²) in [5.41, 5.74) is 8.93. The molecule has 1 aromatic rings. The third-order valence-electron chi connectivity index (χ3n) is 3.04. The molecule has 82 valence electrons. The molecule has 0 aromatic heterocycles. The van der Waals surface area contributed by atoms with Gasteiger partial charge >= 0.3 is 0 Å².